The monoisotopic (exact) mass is 440 g/mol. The van der Waals surface area contributed by atoms with Crippen LogP contribution >= 0.6 is 23.2 Å². The summed E-state index contributed by atoms with van der Waals surface area (Å²) in [7, 11) is -3.97. The van der Waals surface area contributed by atoms with E-state index in [1.807, 2.05) is 6.07 Å². The van der Waals surface area contributed by atoms with Crippen molar-refractivity contribution >= 4 is 44.8 Å². The van der Waals surface area contributed by atoms with Crippen molar-refractivity contribution in [1.82, 2.24) is 5.32 Å². The predicted molar refractivity (Wildman–Crippen MR) is 113 cm³/mol. The first kappa shape index (κ1) is 21.0. The second kappa shape index (κ2) is 8.72. The molecular formula is C20H22Cl2N2O3S. The molecule has 0 unspecified atom stereocenters. The van der Waals surface area contributed by atoms with Gasteiger partial charge in [0.05, 0.1) is 21.3 Å². The number of amides is 1. The molecule has 0 aliphatic heterocycles. The van der Waals surface area contributed by atoms with E-state index in [1.165, 1.54) is 16.4 Å². The van der Waals surface area contributed by atoms with Gasteiger partial charge < -0.3 is 5.32 Å². The van der Waals surface area contributed by atoms with E-state index in [4.69, 9.17) is 23.2 Å². The molecule has 0 spiro atoms. The molecule has 1 amide bonds. The summed E-state index contributed by atoms with van der Waals surface area (Å²) in [4.78, 5) is 12.5. The largest absolute Gasteiger partial charge is 0.349 e. The zero-order valence-corrected chi connectivity index (χ0v) is 17.8. The minimum atomic E-state index is -3.97. The molecule has 2 aromatic rings. The number of hydrogen-bond donors (Lipinski definition) is 1. The fourth-order valence-electron chi connectivity index (χ4n) is 3.44. The molecule has 0 bridgehead atoms. The zero-order valence-electron chi connectivity index (χ0n) is 15.5. The van der Waals surface area contributed by atoms with Gasteiger partial charge in [0.25, 0.3) is 15.9 Å². The highest BCUT2D eigenvalue weighted by Gasteiger charge is 2.29. The van der Waals surface area contributed by atoms with Crippen LogP contribution in [0.2, 0.25) is 10.0 Å². The van der Waals surface area contributed by atoms with Gasteiger partial charge in [-0.25, -0.2) is 8.42 Å². The average molecular weight is 441 g/mol. The maximum atomic E-state index is 13.3. The van der Waals surface area contributed by atoms with Gasteiger partial charge in [0.15, 0.2) is 0 Å². The maximum Gasteiger partial charge on any atom is 0.265 e. The van der Waals surface area contributed by atoms with Crippen LogP contribution in [0.4, 0.5) is 5.69 Å². The van der Waals surface area contributed by atoms with Gasteiger partial charge in [-0.3, -0.25) is 9.10 Å². The Morgan fingerprint density at radius 3 is 2.36 bits per heavy atom. The highest BCUT2D eigenvalue weighted by Crippen LogP contribution is 2.33. The molecule has 5 nitrogen and oxygen atoms in total. The highest BCUT2D eigenvalue weighted by molar-refractivity contribution is 7.93. The molecule has 0 saturated heterocycles. The minimum Gasteiger partial charge on any atom is -0.349 e. The summed E-state index contributed by atoms with van der Waals surface area (Å²) in [5, 5.41) is 3.04. The van der Waals surface area contributed by atoms with Crippen molar-refractivity contribution in [3.05, 3.63) is 58.1 Å². The van der Waals surface area contributed by atoms with Crippen molar-refractivity contribution in [2.45, 2.75) is 43.5 Å². The summed E-state index contributed by atoms with van der Waals surface area (Å²) in [6.07, 6.45) is 3.97. The summed E-state index contributed by atoms with van der Waals surface area (Å²) >= 11 is 12.4. The van der Waals surface area contributed by atoms with Crippen LogP contribution in [-0.4, -0.2) is 26.9 Å². The SMILES string of the molecule is CCN(c1ccccc1)S(=O)(=O)c1cc(C(=O)NC2CCCC2)c(Cl)cc1Cl. The van der Waals surface area contributed by atoms with E-state index >= 15 is 0 Å². The number of benzene rings is 2. The van der Waals surface area contributed by atoms with Gasteiger partial charge in [-0.1, -0.05) is 54.2 Å². The number of nitrogens with zero attached hydrogens (tertiary/aromatic N) is 1. The molecule has 0 aromatic heterocycles. The van der Waals surface area contributed by atoms with Crippen LogP contribution < -0.4 is 9.62 Å². The van der Waals surface area contributed by atoms with Crippen molar-refractivity contribution in [1.29, 1.82) is 0 Å². The fourth-order valence-corrected chi connectivity index (χ4v) is 5.75. The first-order valence-electron chi connectivity index (χ1n) is 9.22. The Morgan fingerprint density at radius 2 is 1.75 bits per heavy atom. The number of sulfonamides is 1. The minimum absolute atomic E-state index is 0.0169. The number of hydrogen-bond acceptors (Lipinski definition) is 3. The molecule has 150 valence electrons. The van der Waals surface area contributed by atoms with Crippen molar-refractivity contribution in [3.63, 3.8) is 0 Å². The third kappa shape index (κ3) is 4.29. The maximum absolute atomic E-state index is 13.3. The Bertz CT molecular complexity index is 959. The second-order valence-electron chi connectivity index (χ2n) is 6.72. The lowest BCUT2D eigenvalue weighted by atomic mass is 10.2. The normalized spacial score (nSPS) is 14.8. The Hall–Kier alpha value is -1.76. The first-order chi connectivity index (χ1) is 13.3. The van der Waals surface area contributed by atoms with Gasteiger partial charge in [-0.15, -0.1) is 0 Å². The summed E-state index contributed by atoms with van der Waals surface area (Å²) in [5.74, 6) is -0.382. The molecule has 2 aromatic carbocycles. The quantitative estimate of drug-likeness (QED) is 0.695. The average Bonchev–Trinajstić information content (AvgIpc) is 3.15. The number of nitrogens with one attached hydrogen (secondary N) is 1. The van der Waals surface area contributed by atoms with Gasteiger partial charge in [0, 0.05) is 12.6 Å². The number of carbonyl (C=O) groups excluding carboxylic acids is 1. The fraction of sp³-hybridized carbons (Fsp3) is 0.350. The van der Waals surface area contributed by atoms with Gasteiger partial charge in [0.2, 0.25) is 0 Å². The van der Waals surface area contributed by atoms with E-state index < -0.39 is 10.0 Å². The zero-order chi connectivity index (χ0) is 20.3. The van der Waals surface area contributed by atoms with Crippen molar-refractivity contribution in [3.8, 4) is 0 Å². The third-order valence-electron chi connectivity index (χ3n) is 4.86. The molecule has 1 aliphatic rings. The summed E-state index contributed by atoms with van der Waals surface area (Å²) in [5.41, 5.74) is 0.633. The number of carbonyl (C=O) groups is 1. The van der Waals surface area contributed by atoms with E-state index in [1.54, 1.807) is 31.2 Å². The molecular weight excluding hydrogens is 419 g/mol. The molecule has 0 atom stereocenters. The topological polar surface area (TPSA) is 66.5 Å². The Kier molecular flexibility index (Phi) is 6.53. The lowest BCUT2D eigenvalue weighted by Gasteiger charge is -2.24. The highest BCUT2D eigenvalue weighted by atomic mass is 35.5. The van der Waals surface area contributed by atoms with E-state index in [9.17, 15) is 13.2 Å². The second-order valence-corrected chi connectivity index (χ2v) is 9.37. The first-order valence-corrected chi connectivity index (χ1v) is 11.4. The number of para-hydroxylation sites is 1. The third-order valence-corrected chi connectivity index (χ3v) is 7.54. The lowest BCUT2D eigenvalue weighted by molar-refractivity contribution is 0.0938. The molecule has 1 fully saturated rings. The summed E-state index contributed by atoms with van der Waals surface area (Å²) in [6, 6.07) is 11.4. The summed E-state index contributed by atoms with van der Waals surface area (Å²) < 4.78 is 27.8. The van der Waals surface area contributed by atoms with Crippen LogP contribution in [0.5, 0.6) is 0 Å². The van der Waals surface area contributed by atoms with Crippen LogP contribution in [0.1, 0.15) is 43.0 Å². The van der Waals surface area contributed by atoms with Crippen molar-refractivity contribution in [2.75, 3.05) is 10.8 Å². The molecule has 0 heterocycles. The van der Waals surface area contributed by atoms with E-state index in [0.717, 1.165) is 25.7 Å². The van der Waals surface area contributed by atoms with Crippen LogP contribution in [-0.2, 0) is 10.0 Å². The predicted octanol–water partition coefficient (Wildman–Crippen LogP) is 4.88. The molecule has 8 heteroatoms. The van der Waals surface area contributed by atoms with Crippen LogP contribution in [0.25, 0.3) is 0 Å². The lowest BCUT2D eigenvalue weighted by Crippen LogP contribution is -2.34. The van der Waals surface area contributed by atoms with E-state index in [0.29, 0.717) is 5.69 Å². The molecule has 28 heavy (non-hydrogen) atoms. The van der Waals surface area contributed by atoms with Gasteiger partial charge in [0.1, 0.15) is 4.90 Å². The number of anilines is 1. The molecule has 0 radical (unpaired) electrons. The standard InChI is InChI=1S/C20H22Cl2N2O3S/c1-2-24(15-10-4-3-5-11-15)28(26,27)19-12-16(17(21)13-18(19)22)20(25)23-14-8-6-7-9-14/h3-5,10-14H,2,6-9H2,1H3,(H,23,25). The molecule has 3 rings (SSSR count). The summed E-state index contributed by atoms with van der Waals surface area (Å²) in [6.45, 7) is 1.96. The Morgan fingerprint density at radius 1 is 1.11 bits per heavy atom. The number of halogens is 2. The Labute approximate surface area is 175 Å². The smallest absolute Gasteiger partial charge is 0.265 e. The van der Waals surface area contributed by atoms with Crippen LogP contribution in [0.3, 0.4) is 0 Å². The van der Waals surface area contributed by atoms with Gasteiger partial charge in [-0.2, -0.15) is 0 Å². The van der Waals surface area contributed by atoms with Gasteiger partial charge >= 0.3 is 0 Å². The Balaban J connectivity index is 1.99. The van der Waals surface area contributed by atoms with Gasteiger partial charge in [-0.05, 0) is 44.0 Å². The number of rotatable bonds is 6. The molecule has 1 aliphatic carbocycles. The van der Waals surface area contributed by atoms with Crippen molar-refractivity contribution < 1.29 is 13.2 Å². The van der Waals surface area contributed by atoms with Crippen LogP contribution in [0, 0.1) is 0 Å². The van der Waals surface area contributed by atoms with Crippen LogP contribution in [0.15, 0.2) is 47.4 Å². The van der Waals surface area contributed by atoms with E-state index in [-0.39, 0.29) is 39.0 Å². The molecule has 1 saturated carbocycles. The van der Waals surface area contributed by atoms with E-state index in [2.05, 4.69) is 5.32 Å². The van der Waals surface area contributed by atoms with Crippen molar-refractivity contribution in [2.24, 2.45) is 0 Å². The molecule has 1 N–H and O–H groups in total.